The number of carboxylic acid groups (broad SMARTS) is 1. The van der Waals surface area contributed by atoms with E-state index < -0.39 is 118 Å². The van der Waals surface area contributed by atoms with Crippen molar-refractivity contribution in [2.24, 2.45) is 29.4 Å². The summed E-state index contributed by atoms with van der Waals surface area (Å²) < 4.78 is 41.8. The van der Waals surface area contributed by atoms with Gasteiger partial charge in [0.15, 0.2) is 12.2 Å². The largest absolute Gasteiger partial charge is 0.495 e. The van der Waals surface area contributed by atoms with Crippen LogP contribution >= 0.6 is 58.0 Å². The molecular weight excluding hydrogens is 1470 g/mol. The molecule has 6 N–H and O–H groups in total. The van der Waals surface area contributed by atoms with Crippen LogP contribution in [0.4, 0.5) is 4.79 Å². The molecule has 0 aliphatic carbocycles. The number of carbonyl (C=O) groups is 9. The Hall–Kier alpha value is -8.06. The highest BCUT2D eigenvalue weighted by molar-refractivity contribution is 6.67. The Kier molecular flexibility index (Phi) is 44.4. The third-order valence-corrected chi connectivity index (χ3v) is 15.8. The molecule has 0 bridgehead atoms. The average Bonchev–Trinajstić information content (AvgIpc) is 0.821. The zero-order valence-corrected chi connectivity index (χ0v) is 65.4. The number of carbonyl (C=O) groups excluding carboxylic acids is 8. The lowest BCUT2D eigenvalue weighted by Gasteiger charge is -2.25. The first-order valence-corrected chi connectivity index (χ1v) is 35.8. The molecule has 0 unspecified atom stereocenters. The lowest BCUT2D eigenvalue weighted by Crippen LogP contribution is -2.43. The second-order valence-electron chi connectivity index (χ2n) is 26.7. The molecule has 4 rings (SSSR count). The van der Waals surface area contributed by atoms with E-state index in [0.717, 1.165) is 11.1 Å². The van der Waals surface area contributed by atoms with Crippen LogP contribution in [0.2, 0.25) is 10.0 Å². The molecule has 0 saturated carbocycles. The number of esters is 5. The van der Waals surface area contributed by atoms with Crippen molar-refractivity contribution in [1.29, 1.82) is 0 Å². The number of carboxylic acids is 1. The molecule has 3 amide bonds. The SMILES string of the molecule is C.COc1ccc(C[C@@H](NC(=O)/C=C/C[C@H](OC(=O)[C@H](CC(C)C)OC(=O)C[C@@H](C)N)[C@H](C)/C=C/c2ccccc2)C(=O)O)cc1Cl.COc1ccc(C[C@@H](NC(=O)/C=C/C[C@H](OC(=O)[C@H](CC(C)C)OC(=O)C[C@@H](C)NC(=O)OC(C)(C)C)[C@H](C)/C=C/c2ccccc2)C(=O)OCC(Cl)(Cl)Cl)cc1Cl.[B]. The molecule has 0 spiro atoms. The zero-order valence-electron chi connectivity index (χ0n) is 61.6. The van der Waals surface area contributed by atoms with Gasteiger partial charge in [-0.25, -0.2) is 24.0 Å². The van der Waals surface area contributed by atoms with Gasteiger partial charge in [-0.05, 0) is 118 Å². The van der Waals surface area contributed by atoms with Crippen molar-refractivity contribution < 1.29 is 86.2 Å². The van der Waals surface area contributed by atoms with Crippen LogP contribution in [0, 0.1) is 23.7 Å². The predicted octanol–water partition coefficient (Wildman–Crippen LogP) is 14.4. The van der Waals surface area contributed by atoms with E-state index >= 15 is 0 Å². The van der Waals surface area contributed by atoms with Crippen LogP contribution < -0.4 is 31.2 Å². The zero-order chi connectivity index (χ0) is 77.9. The number of amides is 3. The van der Waals surface area contributed by atoms with E-state index in [-0.39, 0.29) is 90.9 Å². The molecule has 28 heteroatoms. The first kappa shape index (κ1) is 96.0. The third kappa shape index (κ3) is 40.1. The fourth-order valence-corrected chi connectivity index (χ4v) is 10.4. The number of nitrogens with one attached hydrogen (secondary N) is 3. The Bertz CT molecular complexity index is 3550. The number of methoxy groups -OCH3 is 2. The van der Waals surface area contributed by atoms with Gasteiger partial charge in [-0.2, -0.15) is 0 Å². The molecule has 0 aromatic heterocycles. The summed E-state index contributed by atoms with van der Waals surface area (Å²) in [7, 11) is 2.94. The van der Waals surface area contributed by atoms with E-state index in [0.29, 0.717) is 32.7 Å². The standard InChI is InChI=1S/C42H54Cl4N2O10.C35H45ClN2O8.CH4.B/c1-26(2)21-35(56-37(50)22-28(4)47-40(53)58-41(5,6)7)39(52)57-33(27(3)17-18-29-13-10-9-11-14-29)15-12-16-36(49)48-32(38(51)55-25-42(44,45)46)24-30-19-20-34(54-8)31(43)23-30;1-22(2)18-31(45-33(40)19-24(4)37)35(43)46-29(23(3)14-15-25-10-7-6-8-11-25)12-9-13-32(39)38-28(34(41)42)21-26-16-17-30(44-5)27(36)20-26;;/h9-14,16-20,23,26-28,32-33,35H,15,21-22,24-25H2,1-8H3,(H,47,53)(H,48,49);6-11,13-17,20,22-24,28-29,31H,12,18-19,21,37H2,1-5H3,(H,38,39)(H,41,42);1H4;/b16-12+,18-17+;13-9+,15-14+;;/t27-,28-,32-,33+,35+;23-,24-,28-,29+,31+;;/m11../s1. The van der Waals surface area contributed by atoms with E-state index in [1.54, 1.807) is 71.0 Å². The Morgan fingerprint density at radius 2 is 0.962 bits per heavy atom. The molecule has 0 aliphatic heterocycles. The molecule has 22 nitrogen and oxygen atoms in total. The maximum absolute atomic E-state index is 13.7. The van der Waals surface area contributed by atoms with Gasteiger partial charge < -0.3 is 64.7 Å². The lowest BCUT2D eigenvalue weighted by atomic mass is 9.99. The summed E-state index contributed by atoms with van der Waals surface area (Å²) in [5.74, 6) is -5.95. The van der Waals surface area contributed by atoms with Gasteiger partial charge in [-0.3, -0.25) is 19.2 Å². The van der Waals surface area contributed by atoms with E-state index in [9.17, 15) is 48.3 Å². The minimum Gasteiger partial charge on any atom is -0.495 e. The van der Waals surface area contributed by atoms with Crippen molar-refractivity contribution in [2.75, 3.05) is 20.8 Å². The summed E-state index contributed by atoms with van der Waals surface area (Å²) in [4.78, 5) is 115. The summed E-state index contributed by atoms with van der Waals surface area (Å²) in [6.45, 7) is 19.1. The van der Waals surface area contributed by atoms with Crippen LogP contribution in [0.15, 0.2) is 134 Å². The molecular formula is C78H103BCl5N4O18. The van der Waals surface area contributed by atoms with E-state index in [2.05, 4.69) is 16.0 Å². The van der Waals surface area contributed by atoms with Crippen molar-refractivity contribution >= 4 is 132 Å². The monoisotopic (exact) mass is 1570 g/mol. The number of rotatable bonds is 38. The van der Waals surface area contributed by atoms with Crippen LogP contribution in [0.3, 0.4) is 0 Å². The molecule has 0 saturated heterocycles. The third-order valence-electron chi connectivity index (χ3n) is 14.8. The van der Waals surface area contributed by atoms with Gasteiger partial charge in [0.25, 0.3) is 0 Å². The number of hydrogen-bond donors (Lipinski definition) is 5. The number of alkyl halides is 3. The molecule has 4 aromatic carbocycles. The second-order valence-corrected chi connectivity index (χ2v) is 30.0. The van der Waals surface area contributed by atoms with Crippen molar-refractivity contribution in [2.45, 2.75) is 193 Å². The molecule has 0 aliphatic rings. The van der Waals surface area contributed by atoms with Gasteiger partial charge in [0.2, 0.25) is 15.6 Å². The van der Waals surface area contributed by atoms with Gasteiger partial charge in [-0.1, -0.05) is 216 Å². The van der Waals surface area contributed by atoms with E-state index in [1.165, 1.54) is 38.5 Å². The molecule has 581 valence electrons. The number of halogens is 5. The normalized spacial score (nSPS) is 14.4. The fourth-order valence-electron chi connectivity index (χ4n) is 9.67. The van der Waals surface area contributed by atoms with Crippen molar-refractivity contribution in [3.8, 4) is 11.5 Å². The molecule has 4 aromatic rings. The topological polar surface area (TPSA) is 310 Å². The van der Waals surface area contributed by atoms with Crippen LogP contribution in [-0.2, 0) is 79.6 Å². The average molecular weight is 1570 g/mol. The highest BCUT2D eigenvalue weighted by atomic mass is 35.6. The summed E-state index contributed by atoms with van der Waals surface area (Å²) in [5.41, 5.74) is 8.06. The number of nitrogens with two attached hydrogens (primary N) is 1. The van der Waals surface area contributed by atoms with Gasteiger partial charge in [0, 0.05) is 58.0 Å². The molecule has 106 heavy (non-hydrogen) atoms. The Morgan fingerprint density at radius 3 is 1.33 bits per heavy atom. The summed E-state index contributed by atoms with van der Waals surface area (Å²) in [6.07, 6.45) is 8.73. The van der Waals surface area contributed by atoms with Crippen molar-refractivity contribution in [3.05, 3.63) is 166 Å². The van der Waals surface area contributed by atoms with E-state index in [4.69, 9.17) is 102 Å². The van der Waals surface area contributed by atoms with Gasteiger partial charge >= 0.3 is 41.9 Å². The van der Waals surface area contributed by atoms with Crippen molar-refractivity contribution in [3.63, 3.8) is 0 Å². The summed E-state index contributed by atoms with van der Waals surface area (Å²) in [6, 6.07) is 25.4. The molecule has 3 radical (unpaired) electrons. The van der Waals surface area contributed by atoms with Crippen LogP contribution in [0.5, 0.6) is 11.5 Å². The minimum atomic E-state index is -1.88. The summed E-state index contributed by atoms with van der Waals surface area (Å²) >= 11 is 29.8. The highest BCUT2D eigenvalue weighted by Gasteiger charge is 2.33. The fraction of sp³-hybridized carbons (Fsp3) is 0.474. The quantitative estimate of drug-likeness (QED) is 0.00915. The Labute approximate surface area is 651 Å². The van der Waals surface area contributed by atoms with E-state index in [1.807, 2.05) is 127 Å². The number of hydrogen-bond acceptors (Lipinski definition) is 18. The molecule has 0 heterocycles. The number of aliphatic carboxylic acids is 1. The maximum atomic E-state index is 13.7. The van der Waals surface area contributed by atoms with Crippen LogP contribution in [0.1, 0.15) is 144 Å². The Morgan fingerprint density at radius 1 is 0.557 bits per heavy atom. The summed E-state index contributed by atoms with van der Waals surface area (Å²) in [5, 5.41) is 18.0. The molecule has 0 fully saturated rings. The number of alkyl carbamates (subject to hydrolysis) is 1. The minimum absolute atomic E-state index is 0. The Balaban J connectivity index is 0.00000107. The van der Waals surface area contributed by atoms with Gasteiger partial charge in [-0.15, -0.1) is 0 Å². The van der Waals surface area contributed by atoms with Crippen molar-refractivity contribution in [1.82, 2.24) is 16.0 Å². The van der Waals surface area contributed by atoms with Gasteiger partial charge in [0.1, 0.15) is 48.0 Å². The maximum Gasteiger partial charge on any atom is 0.407 e. The smallest absolute Gasteiger partial charge is 0.407 e. The van der Waals surface area contributed by atoms with Gasteiger partial charge in [0.05, 0.1) is 37.1 Å². The van der Waals surface area contributed by atoms with Crippen LogP contribution in [0.25, 0.3) is 12.2 Å². The lowest BCUT2D eigenvalue weighted by molar-refractivity contribution is -0.173. The predicted molar refractivity (Wildman–Crippen MR) is 416 cm³/mol. The molecule has 10 atom stereocenters. The second kappa shape index (κ2) is 49.0. The van der Waals surface area contributed by atoms with Crippen LogP contribution in [-0.4, -0.2) is 146 Å². The number of ether oxygens (including phenoxy) is 8. The first-order chi connectivity index (χ1) is 48.8. The first-order valence-electron chi connectivity index (χ1n) is 33.9. The number of benzene rings is 4. The highest BCUT2D eigenvalue weighted by Crippen LogP contribution is 2.30.